The van der Waals surface area contributed by atoms with Gasteiger partial charge in [0.05, 0.1) is 15.6 Å². The van der Waals surface area contributed by atoms with Crippen LogP contribution in [-0.4, -0.2) is 37.8 Å². The Morgan fingerprint density at radius 2 is 1.94 bits per heavy atom. The molecule has 1 saturated heterocycles. The lowest BCUT2D eigenvalue weighted by Crippen LogP contribution is -2.45. The fourth-order valence-electron chi connectivity index (χ4n) is 4.59. The van der Waals surface area contributed by atoms with E-state index in [1.54, 1.807) is 21.8 Å². The summed E-state index contributed by atoms with van der Waals surface area (Å²) in [6.07, 6.45) is 5.40. The molecule has 164 valence electrons. The first kappa shape index (κ1) is 20.8. The van der Waals surface area contributed by atoms with Crippen LogP contribution in [0.3, 0.4) is 0 Å². The minimum atomic E-state index is -0.330. The Labute approximate surface area is 190 Å². The van der Waals surface area contributed by atoms with E-state index >= 15 is 0 Å². The van der Waals surface area contributed by atoms with Crippen molar-refractivity contribution in [2.45, 2.75) is 45.6 Å². The number of amides is 1. The fourth-order valence-corrected chi connectivity index (χ4v) is 5.51. The summed E-state index contributed by atoms with van der Waals surface area (Å²) in [5.41, 5.74) is 3.66. The predicted octanol–water partition coefficient (Wildman–Crippen LogP) is 5.45. The van der Waals surface area contributed by atoms with Gasteiger partial charge in [0.1, 0.15) is 5.69 Å². The van der Waals surface area contributed by atoms with Crippen LogP contribution < -0.4 is 0 Å². The third-order valence-electron chi connectivity index (χ3n) is 6.23. The molecule has 5 nitrogen and oxygen atoms in total. The van der Waals surface area contributed by atoms with Crippen LogP contribution in [0.1, 0.15) is 46.1 Å². The molecule has 4 heterocycles. The molecule has 1 fully saturated rings. The highest BCUT2D eigenvalue weighted by Crippen LogP contribution is 2.33. The van der Waals surface area contributed by atoms with E-state index in [2.05, 4.69) is 9.97 Å². The molecule has 32 heavy (non-hydrogen) atoms. The second kappa shape index (κ2) is 8.47. The van der Waals surface area contributed by atoms with Gasteiger partial charge < -0.3 is 9.30 Å². The zero-order chi connectivity index (χ0) is 22.2. The smallest absolute Gasteiger partial charge is 0.274 e. The summed E-state index contributed by atoms with van der Waals surface area (Å²) in [6, 6.07) is 13.1. The summed E-state index contributed by atoms with van der Waals surface area (Å²) in [5.74, 6) is -0.352. The van der Waals surface area contributed by atoms with E-state index in [1.165, 1.54) is 6.07 Å². The number of benzene rings is 1. The van der Waals surface area contributed by atoms with Crippen LogP contribution in [0.25, 0.3) is 16.1 Å². The number of halogens is 1. The predicted molar refractivity (Wildman–Crippen MR) is 125 cm³/mol. The van der Waals surface area contributed by atoms with Crippen LogP contribution in [0, 0.1) is 19.7 Å². The number of carbonyl (C=O) groups is 1. The highest BCUT2D eigenvalue weighted by Gasteiger charge is 2.32. The van der Waals surface area contributed by atoms with Crippen molar-refractivity contribution in [3.63, 3.8) is 0 Å². The molecular weight excluding hydrogens is 423 g/mol. The Kier molecular flexibility index (Phi) is 5.51. The molecule has 5 rings (SSSR count). The summed E-state index contributed by atoms with van der Waals surface area (Å²) in [5, 5.41) is 0.882. The van der Waals surface area contributed by atoms with Crippen LogP contribution in [0.15, 0.2) is 48.7 Å². The molecule has 4 aromatic rings. The minimum absolute atomic E-state index is 0.0218. The molecule has 1 aliphatic rings. The lowest BCUT2D eigenvalue weighted by molar-refractivity contribution is 0.0607. The zero-order valence-corrected chi connectivity index (χ0v) is 19.0. The van der Waals surface area contributed by atoms with Crippen LogP contribution in [0.4, 0.5) is 4.39 Å². The average molecular weight is 449 g/mol. The molecule has 0 aliphatic carbocycles. The Bertz CT molecular complexity index is 1280. The molecule has 3 aromatic heterocycles. The summed E-state index contributed by atoms with van der Waals surface area (Å²) >= 11 is 1.56. The monoisotopic (exact) mass is 448 g/mol. The van der Waals surface area contributed by atoms with Crippen molar-refractivity contribution in [1.29, 1.82) is 0 Å². The molecular formula is C25H25FN4OS. The van der Waals surface area contributed by atoms with E-state index in [1.807, 2.05) is 55.3 Å². The van der Waals surface area contributed by atoms with Crippen molar-refractivity contribution in [1.82, 2.24) is 19.3 Å². The normalized spacial score (nSPS) is 16.6. The van der Waals surface area contributed by atoms with Crippen molar-refractivity contribution in [2.24, 2.45) is 0 Å². The van der Waals surface area contributed by atoms with Gasteiger partial charge in [-0.3, -0.25) is 4.79 Å². The lowest BCUT2D eigenvalue weighted by atomic mass is 9.96. The van der Waals surface area contributed by atoms with Gasteiger partial charge in [-0.1, -0.05) is 30.3 Å². The van der Waals surface area contributed by atoms with Gasteiger partial charge in [-0.05, 0) is 50.8 Å². The average Bonchev–Trinajstić information content (AvgIpc) is 3.36. The summed E-state index contributed by atoms with van der Waals surface area (Å²) in [6.45, 7) is 4.60. The first-order valence-corrected chi connectivity index (χ1v) is 11.8. The van der Waals surface area contributed by atoms with Gasteiger partial charge in [-0.15, -0.1) is 11.3 Å². The molecule has 1 atom stereocenters. The summed E-state index contributed by atoms with van der Waals surface area (Å²) < 4.78 is 16.0. The third kappa shape index (κ3) is 3.71. The van der Waals surface area contributed by atoms with E-state index in [4.69, 9.17) is 0 Å². The summed E-state index contributed by atoms with van der Waals surface area (Å²) in [4.78, 5) is 25.8. The molecule has 1 aliphatic heterocycles. The molecule has 1 aromatic carbocycles. The Morgan fingerprint density at radius 1 is 1.12 bits per heavy atom. The number of thiazole rings is 1. The van der Waals surface area contributed by atoms with E-state index in [0.29, 0.717) is 24.3 Å². The highest BCUT2D eigenvalue weighted by atomic mass is 32.1. The molecule has 0 saturated carbocycles. The van der Waals surface area contributed by atoms with Gasteiger partial charge in [-0.2, -0.15) is 0 Å². The van der Waals surface area contributed by atoms with E-state index < -0.39 is 0 Å². The van der Waals surface area contributed by atoms with Gasteiger partial charge in [0.15, 0.2) is 11.5 Å². The van der Waals surface area contributed by atoms with Gasteiger partial charge in [0, 0.05) is 30.9 Å². The Balaban J connectivity index is 1.47. The highest BCUT2D eigenvalue weighted by molar-refractivity contribution is 7.15. The molecule has 0 spiro atoms. The van der Waals surface area contributed by atoms with Gasteiger partial charge in [-0.25, -0.2) is 14.4 Å². The molecule has 1 unspecified atom stereocenters. The second-order valence-electron chi connectivity index (χ2n) is 8.32. The SMILES string of the molecule is Cc1nc(C(=O)N2CCCCC2Cc2nc3c(F)cccn3c2C)c(-c2ccccc2)s1. The number of fused-ring (bicyclic) bond motifs is 1. The van der Waals surface area contributed by atoms with E-state index in [-0.39, 0.29) is 17.8 Å². The Hall–Kier alpha value is -3.06. The lowest BCUT2D eigenvalue weighted by Gasteiger charge is -2.35. The number of pyridine rings is 1. The number of carbonyl (C=O) groups excluding carboxylic acids is 1. The van der Waals surface area contributed by atoms with Gasteiger partial charge >= 0.3 is 0 Å². The number of piperidine rings is 1. The van der Waals surface area contributed by atoms with Crippen LogP contribution >= 0.6 is 11.3 Å². The molecule has 0 radical (unpaired) electrons. The number of rotatable bonds is 4. The number of aromatic nitrogens is 3. The molecule has 1 amide bonds. The van der Waals surface area contributed by atoms with Crippen molar-refractivity contribution in [2.75, 3.05) is 6.54 Å². The maximum absolute atomic E-state index is 14.2. The fraction of sp³-hybridized carbons (Fsp3) is 0.320. The van der Waals surface area contributed by atoms with Crippen molar-refractivity contribution in [3.8, 4) is 10.4 Å². The van der Waals surface area contributed by atoms with E-state index in [0.717, 1.165) is 46.1 Å². The van der Waals surface area contributed by atoms with Crippen LogP contribution in [-0.2, 0) is 6.42 Å². The molecule has 0 N–H and O–H groups in total. The first-order chi connectivity index (χ1) is 15.5. The second-order valence-corrected chi connectivity index (χ2v) is 9.53. The minimum Gasteiger partial charge on any atom is -0.334 e. The number of hydrogen-bond acceptors (Lipinski definition) is 4. The van der Waals surface area contributed by atoms with Crippen molar-refractivity contribution < 1.29 is 9.18 Å². The number of likely N-dealkylation sites (tertiary alicyclic amines) is 1. The maximum Gasteiger partial charge on any atom is 0.274 e. The first-order valence-electron chi connectivity index (χ1n) is 11.0. The van der Waals surface area contributed by atoms with Crippen molar-refractivity contribution >= 4 is 22.9 Å². The summed E-state index contributed by atoms with van der Waals surface area (Å²) in [7, 11) is 0. The van der Waals surface area contributed by atoms with Crippen molar-refractivity contribution in [3.05, 3.63) is 76.6 Å². The van der Waals surface area contributed by atoms with Crippen LogP contribution in [0.5, 0.6) is 0 Å². The Morgan fingerprint density at radius 3 is 2.72 bits per heavy atom. The molecule has 7 heteroatoms. The largest absolute Gasteiger partial charge is 0.334 e. The van der Waals surface area contributed by atoms with E-state index in [9.17, 15) is 9.18 Å². The quantitative estimate of drug-likeness (QED) is 0.417. The van der Waals surface area contributed by atoms with Gasteiger partial charge in [0.25, 0.3) is 5.91 Å². The maximum atomic E-state index is 14.2. The van der Waals surface area contributed by atoms with Gasteiger partial charge in [0.2, 0.25) is 0 Å². The van der Waals surface area contributed by atoms with Crippen LogP contribution in [0.2, 0.25) is 0 Å². The molecule has 0 bridgehead atoms. The number of aryl methyl sites for hydroxylation is 2. The third-order valence-corrected chi connectivity index (χ3v) is 7.25. The standard InChI is InChI=1S/C25H25FN4OS/c1-16-21(28-24-20(26)12-8-14-29(16)24)15-19-11-6-7-13-30(19)25(31)22-23(32-17(2)27-22)18-9-4-3-5-10-18/h3-5,8-10,12,14,19H,6-7,11,13,15H2,1-2H3. The topological polar surface area (TPSA) is 50.5 Å². The number of nitrogens with zero attached hydrogens (tertiary/aromatic N) is 4. The zero-order valence-electron chi connectivity index (χ0n) is 18.2. The number of imidazole rings is 1. The number of hydrogen-bond donors (Lipinski definition) is 0.